The molecule has 0 spiro atoms. The fourth-order valence-corrected chi connectivity index (χ4v) is 5.13. The van der Waals surface area contributed by atoms with Crippen LogP contribution in [0.25, 0.3) is 5.65 Å². The van der Waals surface area contributed by atoms with Crippen LogP contribution in [0.1, 0.15) is 57.1 Å². The van der Waals surface area contributed by atoms with Gasteiger partial charge >= 0.3 is 12.1 Å². The standard InChI is InChI=1S/C29H35N5O5/c1-29(2,3)39-28(37)31-13-9-21(10-14-31)22-11-15-32-24(17-22)30-18-25(32)33-16-12-26(35)34(27(33)36)19-20-5-7-23(38-4)8-6-20/h5-8,11,15,17-18,21H,9-10,12-14,16,19H2,1-4H3. The van der Waals surface area contributed by atoms with E-state index in [1.165, 1.54) is 4.90 Å². The molecule has 2 aliphatic rings. The summed E-state index contributed by atoms with van der Waals surface area (Å²) in [6.45, 7) is 7.41. The highest BCUT2D eigenvalue weighted by Gasteiger charge is 2.34. The Labute approximate surface area is 228 Å². The van der Waals surface area contributed by atoms with Gasteiger partial charge in [-0.3, -0.25) is 19.0 Å². The molecule has 39 heavy (non-hydrogen) atoms. The number of fused-ring (bicyclic) bond motifs is 1. The van der Waals surface area contributed by atoms with E-state index in [4.69, 9.17) is 9.47 Å². The van der Waals surface area contributed by atoms with Crippen LogP contribution in [-0.4, -0.2) is 69.6 Å². The molecule has 0 atom stereocenters. The number of anilines is 1. The number of imidazole rings is 1. The Kier molecular flexibility index (Phi) is 7.20. The number of urea groups is 1. The summed E-state index contributed by atoms with van der Waals surface area (Å²) in [5.41, 5.74) is 2.24. The predicted octanol–water partition coefficient (Wildman–Crippen LogP) is 4.82. The molecule has 0 saturated carbocycles. The molecule has 5 rings (SSSR count). The number of nitrogens with zero attached hydrogens (tertiary/aromatic N) is 5. The van der Waals surface area contributed by atoms with Crippen molar-refractivity contribution in [1.82, 2.24) is 19.2 Å². The first-order valence-electron chi connectivity index (χ1n) is 13.3. The first-order chi connectivity index (χ1) is 18.6. The maximum absolute atomic E-state index is 13.4. The number of carbonyl (C=O) groups is 3. The Hall–Kier alpha value is -4.08. The molecule has 0 N–H and O–H groups in total. The monoisotopic (exact) mass is 533 g/mol. The lowest BCUT2D eigenvalue weighted by Crippen LogP contribution is -2.52. The number of methoxy groups -OCH3 is 1. The normalized spacial score (nSPS) is 17.2. The molecular weight excluding hydrogens is 498 g/mol. The molecule has 0 unspecified atom stereocenters. The molecule has 1 aromatic carbocycles. The highest BCUT2D eigenvalue weighted by Crippen LogP contribution is 2.31. The minimum atomic E-state index is -0.507. The van der Waals surface area contributed by atoms with Crippen molar-refractivity contribution in [3.8, 4) is 5.75 Å². The second kappa shape index (κ2) is 10.6. The fraction of sp³-hybridized carbons (Fsp3) is 0.448. The lowest BCUT2D eigenvalue weighted by molar-refractivity contribution is -0.129. The number of aromatic nitrogens is 2. The molecule has 3 aromatic rings. The minimum Gasteiger partial charge on any atom is -0.497 e. The summed E-state index contributed by atoms with van der Waals surface area (Å²) in [5, 5.41) is 0. The third-order valence-electron chi connectivity index (χ3n) is 7.22. The summed E-state index contributed by atoms with van der Waals surface area (Å²) in [5.74, 6) is 1.47. The maximum atomic E-state index is 13.4. The number of rotatable bonds is 5. The third kappa shape index (κ3) is 5.69. The Balaban J connectivity index is 1.28. The molecule has 206 valence electrons. The quantitative estimate of drug-likeness (QED) is 0.467. The van der Waals surface area contributed by atoms with E-state index in [1.54, 1.807) is 23.1 Å². The number of likely N-dealkylation sites (tertiary alicyclic amines) is 1. The number of imide groups is 1. The van der Waals surface area contributed by atoms with Gasteiger partial charge in [-0.2, -0.15) is 0 Å². The molecular formula is C29H35N5O5. The Bertz CT molecular complexity index is 1370. The highest BCUT2D eigenvalue weighted by molar-refractivity contribution is 6.05. The van der Waals surface area contributed by atoms with Crippen molar-refractivity contribution in [1.29, 1.82) is 0 Å². The van der Waals surface area contributed by atoms with Crippen LogP contribution in [0, 0.1) is 0 Å². The van der Waals surface area contributed by atoms with Crippen LogP contribution in [-0.2, 0) is 16.1 Å². The fourth-order valence-electron chi connectivity index (χ4n) is 5.13. The number of amides is 4. The summed E-state index contributed by atoms with van der Waals surface area (Å²) in [7, 11) is 1.60. The molecule has 0 bridgehead atoms. The van der Waals surface area contributed by atoms with Gasteiger partial charge in [0.1, 0.15) is 22.8 Å². The van der Waals surface area contributed by atoms with E-state index in [1.807, 2.05) is 61.7 Å². The SMILES string of the molecule is COc1ccc(CN2C(=O)CCN(c3cnc4cc(C5CCN(C(=O)OC(C)(C)C)CC5)ccn34)C2=O)cc1. The van der Waals surface area contributed by atoms with Gasteiger partial charge in [-0.15, -0.1) is 0 Å². The molecule has 0 aliphatic carbocycles. The second-order valence-electron chi connectivity index (χ2n) is 11.1. The van der Waals surface area contributed by atoms with E-state index in [0.717, 1.165) is 35.4 Å². The van der Waals surface area contributed by atoms with Gasteiger partial charge in [0, 0.05) is 32.3 Å². The molecule has 4 amide bonds. The van der Waals surface area contributed by atoms with Crippen molar-refractivity contribution in [2.24, 2.45) is 0 Å². The Morgan fingerprint density at radius 1 is 1.05 bits per heavy atom. The van der Waals surface area contributed by atoms with Gasteiger partial charge in [0.15, 0.2) is 0 Å². The van der Waals surface area contributed by atoms with Crippen LogP contribution in [0.5, 0.6) is 5.75 Å². The van der Waals surface area contributed by atoms with Crippen molar-refractivity contribution in [2.75, 3.05) is 31.6 Å². The van der Waals surface area contributed by atoms with E-state index in [2.05, 4.69) is 11.1 Å². The molecule has 2 aliphatic heterocycles. The zero-order valence-electron chi connectivity index (χ0n) is 22.9. The van der Waals surface area contributed by atoms with Gasteiger partial charge in [0.25, 0.3) is 0 Å². The number of hydrogen-bond donors (Lipinski definition) is 0. The predicted molar refractivity (Wildman–Crippen MR) is 146 cm³/mol. The highest BCUT2D eigenvalue weighted by atomic mass is 16.6. The Morgan fingerprint density at radius 3 is 2.44 bits per heavy atom. The van der Waals surface area contributed by atoms with E-state index in [-0.39, 0.29) is 31.0 Å². The number of piperidine rings is 1. The zero-order valence-corrected chi connectivity index (χ0v) is 22.9. The average molecular weight is 534 g/mol. The van der Waals surface area contributed by atoms with Crippen LogP contribution in [0.3, 0.4) is 0 Å². The summed E-state index contributed by atoms with van der Waals surface area (Å²) in [4.78, 5) is 47.7. The van der Waals surface area contributed by atoms with Gasteiger partial charge in [0.05, 0.1) is 19.9 Å². The lowest BCUT2D eigenvalue weighted by atomic mass is 9.90. The molecule has 0 radical (unpaired) electrons. The van der Waals surface area contributed by atoms with Crippen molar-refractivity contribution in [3.63, 3.8) is 0 Å². The smallest absolute Gasteiger partial charge is 0.410 e. The molecule has 2 fully saturated rings. The number of ether oxygens (including phenoxy) is 2. The number of carbonyl (C=O) groups excluding carboxylic acids is 3. The topological polar surface area (TPSA) is 96.7 Å². The number of hydrogen-bond acceptors (Lipinski definition) is 6. The van der Waals surface area contributed by atoms with Gasteiger partial charge < -0.3 is 14.4 Å². The van der Waals surface area contributed by atoms with E-state index >= 15 is 0 Å². The van der Waals surface area contributed by atoms with E-state index < -0.39 is 5.60 Å². The first-order valence-corrected chi connectivity index (χ1v) is 13.3. The third-order valence-corrected chi connectivity index (χ3v) is 7.22. The van der Waals surface area contributed by atoms with Crippen LogP contribution in [0.15, 0.2) is 48.8 Å². The van der Waals surface area contributed by atoms with Crippen LogP contribution in [0.4, 0.5) is 15.4 Å². The lowest BCUT2D eigenvalue weighted by Gasteiger charge is -2.34. The molecule has 10 heteroatoms. The van der Waals surface area contributed by atoms with Crippen LogP contribution >= 0.6 is 0 Å². The molecule has 4 heterocycles. The van der Waals surface area contributed by atoms with Crippen molar-refractivity contribution < 1.29 is 23.9 Å². The molecule has 10 nitrogen and oxygen atoms in total. The second-order valence-corrected chi connectivity index (χ2v) is 11.1. The number of benzene rings is 1. The largest absolute Gasteiger partial charge is 0.497 e. The van der Waals surface area contributed by atoms with Crippen molar-refractivity contribution in [3.05, 3.63) is 59.9 Å². The summed E-state index contributed by atoms with van der Waals surface area (Å²) < 4.78 is 12.6. The first kappa shape index (κ1) is 26.5. The Morgan fingerprint density at radius 2 is 1.77 bits per heavy atom. The summed E-state index contributed by atoms with van der Waals surface area (Å²) in [6.07, 6.45) is 5.28. The average Bonchev–Trinajstić information content (AvgIpc) is 3.33. The van der Waals surface area contributed by atoms with Gasteiger partial charge in [-0.25, -0.2) is 14.6 Å². The molecule has 2 saturated heterocycles. The number of pyridine rings is 1. The van der Waals surface area contributed by atoms with Crippen LogP contribution in [0.2, 0.25) is 0 Å². The van der Waals surface area contributed by atoms with Gasteiger partial charge in [-0.05, 0) is 74.9 Å². The molecule has 2 aromatic heterocycles. The van der Waals surface area contributed by atoms with E-state index in [0.29, 0.717) is 31.4 Å². The van der Waals surface area contributed by atoms with E-state index in [9.17, 15) is 14.4 Å². The van der Waals surface area contributed by atoms with Gasteiger partial charge in [-0.1, -0.05) is 12.1 Å². The zero-order chi connectivity index (χ0) is 27.7. The maximum Gasteiger partial charge on any atom is 0.410 e. The summed E-state index contributed by atoms with van der Waals surface area (Å²) in [6, 6.07) is 11.1. The van der Waals surface area contributed by atoms with Crippen molar-refractivity contribution in [2.45, 2.75) is 58.1 Å². The summed E-state index contributed by atoms with van der Waals surface area (Å²) >= 11 is 0. The van der Waals surface area contributed by atoms with Crippen LogP contribution < -0.4 is 9.64 Å². The van der Waals surface area contributed by atoms with Gasteiger partial charge in [0.2, 0.25) is 5.91 Å². The van der Waals surface area contributed by atoms with Crippen molar-refractivity contribution >= 4 is 29.5 Å². The minimum absolute atomic E-state index is 0.194.